The molecule has 3 N–H and O–H groups in total. The number of quaternary nitrogens is 1. The molecule has 7 heavy (non-hydrogen) atoms. The van der Waals surface area contributed by atoms with Gasteiger partial charge in [-0.05, 0) is 13.8 Å². The molecule has 0 rings (SSSR count). The van der Waals surface area contributed by atoms with Crippen molar-refractivity contribution < 1.29 is 15.3 Å². The molecule has 0 saturated heterocycles. The molecule has 3 nitrogen and oxygen atoms in total. The maximum absolute atomic E-state index is 8.12. The molecule has 42 valence electrons. The second-order valence-corrected chi connectivity index (χ2v) is 1.48. The minimum Gasteiger partial charge on any atom is -0.356 e. The number of carbonyl (C=O) groups excluding carboxylic acids is 2. The van der Waals surface area contributed by atoms with Gasteiger partial charge in [-0.15, -0.1) is 0 Å². The Morgan fingerprint density at radius 2 is 1.43 bits per heavy atom. The van der Waals surface area contributed by atoms with Crippen LogP contribution >= 0.6 is 0 Å². The van der Waals surface area contributed by atoms with Gasteiger partial charge in [-0.25, -0.2) is 0 Å². The van der Waals surface area contributed by atoms with E-state index >= 15 is 0 Å². The van der Waals surface area contributed by atoms with Crippen LogP contribution in [0.5, 0.6) is 0 Å². The van der Waals surface area contributed by atoms with Gasteiger partial charge in [0.1, 0.15) is 0 Å². The van der Waals surface area contributed by atoms with E-state index in [1.165, 1.54) is 0 Å². The first-order chi connectivity index (χ1) is 3.15. The van der Waals surface area contributed by atoms with Gasteiger partial charge in [0.25, 0.3) is 0 Å². The number of rotatable bonds is 0. The summed E-state index contributed by atoms with van der Waals surface area (Å²) in [6.45, 7) is 4.11. The normalized spacial score (nSPS) is 6.29. The van der Waals surface area contributed by atoms with E-state index in [9.17, 15) is 0 Å². The van der Waals surface area contributed by atoms with Crippen molar-refractivity contribution in [3.05, 3.63) is 0 Å². The molecule has 0 heterocycles. The lowest BCUT2D eigenvalue weighted by atomic mass is 10.5. The summed E-state index contributed by atoms with van der Waals surface area (Å²) in [5, 5.41) is 0. The quantitative estimate of drug-likeness (QED) is 0.431. The predicted octanol–water partition coefficient (Wildman–Crippen LogP) is -0.947. The van der Waals surface area contributed by atoms with Crippen LogP contribution in [-0.4, -0.2) is 12.2 Å². The first kappa shape index (κ1) is 9.60. The van der Waals surface area contributed by atoms with Crippen molar-refractivity contribution in [2.24, 2.45) is 0 Å². The third kappa shape index (κ3) is 137. The Hall–Kier alpha value is -0.660. The van der Waals surface area contributed by atoms with Crippen LogP contribution in [0.2, 0.25) is 0 Å². The molecule has 0 amide bonds. The molecular weight excluding hydrogens is 94.0 g/mol. The minimum atomic E-state index is 0.250. The molecule has 0 aliphatic rings. The summed E-state index contributed by atoms with van der Waals surface area (Å²) < 4.78 is 0. The molecule has 0 aromatic rings. The average molecular weight is 104 g/mol. The Balaban J connectivity index is 0. The van der Waals surface area contributed by atoms with Crippen LogP contribution < -0.4 is 5.73 Å². The van der Waals surface area contributed by atoms with E-state index in [1.54, 1.807) is 0 Å². The number of hydrogen-bond acceptors (Lipinski definition) is 2. The second kappa shape index (κ2) is 9.02. The van der Waals surface area contributed by atoms with Crippen molar-refractivity contribution in [2.75, 3.05) is 0 Å². The van der Waals surface area contributed by atoms with Gasteiger partial charge in [0.2, 0.25) is 0 Å². The van der Waals surface area contributed by atoms with Crippen molar-refractivity contribution >= 4 is 6.15 Å². The smallest absolute Gasteiger partial charge is 0.356 e. The summed E-state index contributed by atoms with van der Waals surface area (Å²) in [7, 11) is 0. The van der Waals surface area contributed by atoms with Crippen molar-refractivity contribution in [3.8, 4) is 0 Å². The molecule has 0 unspecified atom stereocenters. The zero-order chi connectivity index (χ0) is 6.28. The van der Waals surface area contributed by atoms with Crippen LogP contribution in [0.1, 0.15) is 13.8 Å². The summed E-state index contributed by atoms with van der Waals surface area (Å²) in [6.07, 6.45) is 0.250. The molecule has 3 heteroatoms. The highest BCUT2D eigenvalue weighted by molar-refractivity contribution is 5.20. The Bertz CT molecular complexity index is 52.0. The van der Waals surface area contributed by atoms with Gasteiger partial charge in [-0.2, -0.15) is 9.59 Å². The van der Waals surface area contributed by atoms with E-state index in [4.69, 9.17) is 9.59 Å². The topological polar surface area (TPSA) is 61.8 Å². The Morgan fingerprint density at radius 3 is 1.43 bits per heavy atom. The van der Waals surface area contributed by atoms with Crippen LogP contribution in [0.3, 0.4) is 0 Å². The van der Waals surface area contributed by atoms with Gasteiger partial charge in [0, 0.05) is 0 Å². The van der Waals surface area contributed by atoms with Crippen LogP contribution in [-0.2, 0) is 9.59 Å². The van der Waals surface area contributed by atoms with Gasteiger partial charge in [0.15, 0.2) is 0 Å². The van der Waals surface area contributed by atoms with Gasteiger partial charge < -0.3 is 5.73 Å². The lowest BCUT2D eigenvalue weighted by Crippen LogP contribution is -2.57. The highest BCUT2D eigenvalue weighted by atomic mass is 16.2. The van der Waals surface area contributed by atoms with Gasteiger partial charge >= 0.3 is 6.15 Å². The zero-order valence-corrected chi connectivity index (χ0v) is 4.60. The van der Waals surface area contributed by atoms with E-state index in [1.807, 2.05) is 0 Å². The Kier molecular flexibility index (Phi) is 12.4. The van der Waals surface area contributed by atoms with Crippen LogP contribution in [0, 0.1) is 0 Å². The standard InChI is InChI=1S/C3H9N.CO2/c1-3(2)4;2-1-3/h3H,4H2,1-2H3;/p+1. The maximum Gasteiger partial charge on any atom is 0.373 e. The maximum atomic E-state index is 8.12. The summed E-state index contributed by atoms with van der Waals surface area (Å²) in [6, 6.07) is 0.583. The SMILES string of the molecule is CC(C)[NH3+].O=C=O. The summed E-state index contributed by atoms with van der Waals surface area (Å²) in [5.41, 5.74) is 3.64. The predicted molar refractivity (Wildman–Crippen MR) is 23.0 cm³/mol. The van der Waals surface area contributed by atoms with E-state index in [0.717, 1.165) is 0 Å². The summed E-state index contributed by atoms with van der Waals surface area (Å²) >= 11 is 0. The minimum absolute atomic E-state index is 0.250. The molecular formula is C4H10NO2+. The first-order valence-corrected chi connectivity index (χ1v) is 1.97. The lowest BCUT2D eigenvalue weighted by Gasteiger charge is -1.77. The van der Waals surface area contributed by atoms with Crippen molar-refractivity contribution in [1.82, 2.24) is 0 Å². The molecule has 0 aliphatic heterocycles. The summed E-state index contributed by atoms with van der Waals surface area (Å²) in [5.74, 6) is 0. The van der Waals surface area contributed by atoms with E-state index in [2.05, 4.69) is 19.6 Å². The molecule has 0 atom stereocenters. The van der Waals surface area contributed by atoms with Gasteiger partial charge in [-0.3, -0.25) is 0 Å². The molecule has 0 fully saturated rings. The van der Waals surface area contributed by atoms with Crippen LogP contribution in [0.25, 0.3) is 0 Å². The highest BCUT2D eigenvalue weighted by Gasteiger charge is 1.72. The number of hydrogen-bond donors (Lipinski definition) is 1. The fourth-order valence-electron chi connectivity index (χ4n) is 0. The first-order valence-electron chi connectivity index (χ1n) is 1.97. The third-order valence-corrected chi connectivity index (χ3v) is 0. The molecule has 0 radical (unpaired) electrons. The monoisotopic (exact) mass is 104 g/mol. The van der Waals surface area contributed by atoms with E-state index in [0.29, 0.717) is 6.04 Å². The van der Waals surface area contributed by atoms with Crippen molar-refractivity contribution in [3.63, 3.8) is 0 Å². The van der Waals surface area contributed by atoms with Crippen LogP contribution in [0.15, 0.2) is 0 Å². The van der Waals surface area contributed by atoms with Gasteiger partial charge in [0.05, 0.1) is 6.04 Å². The van der Waals surface area contributed by atoms with E-state index < -0.39 is 0 Å². The van der Waals surface area contributed by atoms with Crippen molar-refractivity contribution in [1.29, 1.82) is 0 Å². The molecule has 0 spiro atoms. The third-order valence-electron chi connectivity index (χ3n) is 0. The Labute approximate surface area is 42.5 Å². The fourth-order valence-corrected chi connectivity index (χ4v) is 0. The zero-order valence-electron chi connectivity index (χ0n) is 4.60. The lowest BCUT2D eigenvalue weighted by molar-refractivity contribution is -0.407. The average Bonchev–Trinajstić information content (AvgIpc) is 1.33. The van der Waals surface area contributed by atoms with Crippen LogP contribution in [0.4, 0.5) is 0 Å². The van der Waals surface area contributed by atoms with Gasteiger partial charge in [-0.1, -0.05) is 0 Å². The largest absolute Gasteiger partial charge is 0.373 e. The van der Waals surface area contributed by atoms with E-state index in [-0.39, 0.29) is 6.15 Å². The molecule has 0 bridgehead atoms. The molecule has 0 aromatic heterocycles. The summed E-state index contributed by atoms with van der Waals surface area (Å²) in [4.78, 5) is 16.2. The fraction of sp³-hybridized carbons (Fsp3) is 0.750. The molecule has 0 saturated carbocycles. The molecule has 0 aliphatic carbocycles. The molecule has 0 aromatic carbocycles. The second-order valence-electron chi connectivity index (χ2n) is 1.48. The highest BCUT2D eigenvalue weighted by Crippen LogP contribution is 1.53. The Morgan fingerprint density at radius 1 is 1.43 bits per heavy atom. The van der Waals surface area contributed by atoms with Crippen molar-refractivity contribution in [2.45, 2.75) is 19.9 Å².